The van der Waals surface area contributed by atoms with Gasteiger partial charge in [-0.25, -0.2) is 4.98 Å². The van der Waals surface area contributed by atoms with Crippen molar-refractivity contribution in [3.63, 3.8) is 0 Å². The molecule has 1 heterocycles. The second-order valence-electron chi connectivity index (χ2n) is 3.11. The summed E-state index contributed by atoms with van der Waals surface area (Å²) in [6, 6.07) is 7.70. The average molecular weight is 221 g/mol. The number of hydrogen-bond donors (Lipinski definition) is 2. The van der Waals surface area contributed by atoms with Crippen LogP contribution >= 0.6 is 11.8 Å². The van der Waals surface area contributed by atoms with Gasteiger partial charge in [0.25, 0.3) is 0 Å². The van der Waals surface area contributed by atoms with Crippen LogP contribution in [0.3, 0.4) is 0 Å². The molecular weight excluding hydrogens is 210 g/mol. The van der Waals surface area contributed by atoms with Crippen molar-refractivity contribution in [2.24, 2.45) is 0 Å². The van der Waals surface area contributed by atoms with Crippen LogP contribution in [0.5, 0.6) is 0 Å². The number of aromatic amines is 1. The first-order valence-corrected chi connectivity index (χ1v) is 5.39. The normalized spacial score (nSPS) is 12.7. The molecule has 0 amide bonds. The number of nitrogens with zero attached hydrogens (tertiary/aromatic N) is 2. The molecule has 0 radical (unpaired) electrons. The molecule has 0 aliphatic carbocycles. The monoisotopic (exact) mass is 221 g/mol. The number of hydrogen-bond acceptors (Lipinski definition) is 4. The van der Waals surface area contributed by atoms with Crippen molar-refractivity contribution >= 4 is 11.8 Å². The first-order chi connectivity index (χ1) is 7.27. The molecule has 78 valence electrons. The highest BCUT2D eigenvalue weighted by molar-refractivity contribution is 7.99. The summed E-state index contributed by atoms with van der Waals surface area (Å²) in [5, 5.41) is 16.8. The van der Waals surface area contributed by atoms with E-state index >= 15 is 0 Å². The number of nitrogens with one attached hydrogen (secondary N) is 1. The third-order valence-electron chi connectivity index (χ3n) is 1.97. The molecule has 2 rings (SSSR count). The maximum Gasteiger partial charge on any atom is 0.188 e. The van der Waals surface area contributed by atoms with E-state index in [4.69, 9.17) is 0 Å². The van der Waals surface area contributed by atoms with Crippen LogP contribution in [-0.2, 0) is 0 Å². The molecule has 1 atom stereocenters. The van der Waals surface area contributed by atoms with Gasteiger partial charge in [0.2, 0.25) is 0 Å². The lowest BCUT2D eigenvalue weighted by atomic mass is 10.1. The summed E-state index contributed by atoms with van der Waals surface area (Å²) in [5.74, 6) is 0. The summed E-state index contributed by atoms with van der Waals surface area (Å²) in [7, 11) is 0. The van der Waals surface area contributed by atoms with Crippen molar-refractivity contribution in [1.82, 2.24) is 15.2 Å². The van der Waals surface area contributed by atoms with Crippen molar-refractivity contribution in [2.45, 2.75) is 23.1 Å². The second-order valence-corrected chi connectivity index (χ2v) is 4.14. The van der Waals surface area contributed by atoms with Gasteiger partial charge < -0.3 is 5.11 Å². The van der Waals surface area contributed by atoms with Crippen molar-refractivity contribution in [2.75, 3.05) is 0 Å². The van der Waals surface area contributed by atoms with Crippen LogP contribution in [-0.4, -0.2) is 20.3 Å². The van der Waals surface area contributed by atoms with E-state index in [1.807, 2.05) is 24.3 Å². The minimum absolute atomic E-state index is 0.475. The van der Waals surface area contributed by atoms with Crippen LogP contribution in [0.2, 0.25) is 0 Å². The molecule has 0 spiro atoms. The third kappa shape index (κ3) is 2.37. The molecule has 5 heteroatoms. The first-order valence-electron chi connectivity index (χ1n) is 4.57. The number of rotatable bonds is 3. The zero-order chi connectivity index (χ0) is 10.7. The summed E-state index contributed by atoms with van der Waals surface area (Å²) in [6.45, 7) is 1.75. The molecule has 1 unspecified atom stereocenters. The molecule has 0 saturated heterocycles. The molecule has 1 aromatic heterocycles. The zero-order valence-corrected chi connectivity index (χ0v) is 9.03. The number of benzene rings is 1. The topological polar surface area (TPSA) is 61.8 Å². The summed E-state index contributed by atoms with van der Waals surface area (Å²) in [5.41, 5.74) is 0.902. The fourth-order valence-electron chi connectivity index (χ4n) is 1.27. The van der Waals surface area contributed by atoms with Crippen LogP contribution in [0.15, 0.2) is 40.6 Å². The van der Waals surface area contributed by atoms with Gasteiger partial charge in [-0.1, -0.05) is 18.2 Å². The summed E-state index contributed by atoms with van der Waals surface area (Å²) >= 11 is 1.46. The quantitative estimate of drug-likeness (QED) is 0.832. The lowest BCUT2D eigenvalue weighted by molar-refractivity contribution is 0.196. The van der Waals surface area contributed by atoms with Crippen molar-refractivity contribution in [3.05, 3.63) is 36.2 Å². The maximum atomic E-state index is 9.57. The smallest absolute Gasteiger partial charge is 0.188 e. The molecule has 4 nitrogen and oxygen atoms in total. The van der Waals surface area contributed by atoms with E-state index in [1.54, 1.807) is 6.92 Å². The lowest BCUT2D eigenvalue weighted by Crippen LogP contribution is -1.93. The standard InChI is InChI=1S/C10H11N3OS/c1-7(14)8-4-2-3-5-9(8)15-10-11-6-12-13-10/h2-7,14H,1H3,(H,11,12,13). The van der Waals surface area contributed by atoms with Gasteiger partial charge in [0.15, 0.2) is 5.16 Å². The van der Waals surface area contributed by atoms with Crippen molar-refractivity contribution in [3.8, 4) is 0 Å². The van der Waals surface area contributed by atoms with Gasteiger partial charge in [-0.3, -0.25) is 5.10 Å². The van der Waals surface area contributed by atoms with E-state index in [2.05, 4.69) is 15.2 Å². The fourth-order valence-corrected chi connectivity index (χ4v) is 2.18. The van der Waals surface area contributed by atoms with Gasteiger partial charge in [0, 0.05) is 4.90 Å². The Balaban J connectivity index is 2.28. The minimum atomic E-state index is -0.475. The second kappa shape index (κ2) is 4.46. The van der Waals surface area contributed by atoms with E-state index in [-0.39, 0.29) is 0 Å². The Labute approximate surface area is 91.8 Å². The lowest BCUT2D eigenvalue weighted by Gasteiger charge is -2.09. The maximum absolute atomic E-state index is 9.57. The van der Waals surface area contributed by atoms with Crippen molar-refractivity contribution < 1.29 is 5.11 Å². The van der Waals surface area contributed by atoms with E-state index in [0.29, 0.717) is 0 Å². The summed E-state index contributed by atoms with van der Waals surface area (Å²) in [6.07, 6.45) is 0.990. The highest BCUT2D eigenvalue weighted by atomic mass is 32.2. The van der Waals surface area contributed by atoms with Crippen LogP contribution in [0.25, 0.3) is 0 Å². The number of aliphatic hydroxyl groups is 1. The fraction of sp³-hybridized carbons (Fsp3) is 0.200. The predicted octanol–water partition coefficient (Wildman–Crippen LogP) is 2.01. The molecule has 2 N–H and O–H groups in total. The largest absolute Gasteiger partial charge is 0.389 e. The van der Waals surface area contributed by atoms with Gasteiger partial charge in [-0.15, -0.1) is 0 Å². The van der Waals surface area contributed by atoms with Gasteiger partial charge in [-0.05, 0) is 30.3 Å². The van der Waals surface area contributed by atoms with Crippen LogP contribution in [0.4, 0.5) is 0 Å². The van der Waals surface area contributed by atoms with Gasteiger partial charge >= 0.3 is 0 Å². The minimum Gasteiger partial charge on any atom is -0.389 e. The van der Waals surface area contributed by atoms with Crippen LogP contribution in [0.1, 0.15) is 18.6 Å². The molecule has 0 fully saturated rings. The Morgan fingerprint density at radius 2 is 2.20 bits per heavy atom. The Bertz CT molecular complexity index is 428. The van der Waals surface area contributed by atoms with E-state index in [0.717, 1.165) is 15.6 Å². The number of aromatic nitrogens is 3. The first kappa shape index (κ1) is 10.2. The molecule has 2 aromatic rings. The molecule has 0 bridgehead atoms. The third-order valence-corrected chi connectivity index (χ3v) is 2.95. The van der Waals surface area contributed by atoms with Gasteiger partial charge in [0.1, 0.15) is 6.33 Å². The van der Waals surface area contributed by atoms with Crippen molar-refractivity contribution in [1.29, 1.82) is 0 Å². The Morgan fingerprint density at radius 1 is 1.40 bits per heavy atom. The average Bonchev–Trinajstić information content (AvgIpc) is 2.71. The molecule has 1 aromatic carbocycles. The number of aliphatic hydroxyl groups excluding tert-OH is 1. The SMILES string of the molecule is CC(O)c1ccccc1Sc1ncn[nH]1. The highest BCUT2D eigenvalue weighted by Gasteiger charge is 2.09. The Kier molecular flexibility index (Phi) is 3.03. The van der Waals surface area contributed by atoms with Gasteiger partial charge in [0.05, 0.1) is 6.10 Å². The molecule has 15 heavy (non-hydrogen) atoms. The van der Waals surface area contributed by atoms with E-state index in [9.17, 15) is 5.11 Å². The number of H-pyrrole nitrogens is 1. The summed E-state index contributed by atoms with van der Waals surface area (Å²) in [4.78, 5) is 5.02. The van der Waals surface area contributed by atoms with Gasteiger partial charge in [-0.2, -0.15) is 5.10 Å². The Hall–Kier alpha value is -1.33. The zero-order valence-electron chi connectivity index (χ0n) is 8.21. The molecule has 0 saturated carbocycles. The van der Waals surface area contributed by atoms with E-state index < -0.39 is 6.10 Å². The molecule has 0 aliphatic rings. The predicted molar refractivity (Wildman–Crippen MR) is 57.6 cm³/mol. The van der Waals surface area contributed by atoms with Crippen LogP contribution < -0.4 is 0 Å². The van der Waals surface area contributed by atoms with E-state index in [1.165, 1.54) is 18.1 Å². The Morgan fingerprint density at radius 3 is 2.87 bits per heavy atom. The van der Waals surface area contributed by atoms with Crippen LogP contribution in [0, 0.1) is 0 Å². The highest BCUT2D eigenvalue weighted by Crippen LogP contribution is 2.30. The summed E-state index contributed by atoms with van der Waals surface area (Å²) < 4.78 is 0. The molecular formula is C10H11N3OS. The molecule has 0 aliphatic heterocycles.